The molecule has 1 aliphatic rings. The predicted octanol–water partition coefficient (Wildman–Crippen LogP) is 5.98. The number of esters is 1. The van der Waals surface area contributed by atoms with Crippen LogP contribution in [0.15, 0.2) is 53.1 Å². The van der Waals surface area contributed by atoms with Gasteiger partial charge in [-0.25, -0.2) is 4.79 Å². The third-order valence-corrected chi connectivity index (χ3v) is 7.02. The lowest BCUT2D eigenvalue weighted by atomic mass is 9.87. The lowest BCUT2D eigenvalue weighted by Gasteiger charge is -2.18. The molecule has 3 aromatic rings. The Morgan fingerprint density at radius 2 is 1.85 bits per heavy atom. The van der Waals surface area contributed by atoms with E-state index in [4.69, 9.17) is 18.7 Å². The van der Waals surface area contributed by atoms with E-state index in [-0.39, 0.29) is 48.3 Å². The second-order valence-corrected chi connectivity index (χ2v) is 11.7. The minimum Gasteiger partial charge on any atom is -0.485 e. The van der Waals surface area contributed by atoms with Gasteiger partial charge in [-0.1, -0.05) is 64.0 Å². The van der Waals surface area contributed by atoms with Crippen LogP contribution in [0.5, 0.6) is 5.75 Å². The minimum atomic E-state index is -0.362. The first-order valence-corrected chi connectivity index (χ1v) is 13.7. The number of nitrogens with zero attached hydrogens (tertiary/aromatic N) is 3. The number of rotatable bonds is 9. The number of amides is 1. The molecule has 1 aliphatic heterocycles. The molecule has 2 atom stereocenters. The van der Waals surface area contributed by atoms with E-state index in [1.54, 1.807) is 4.90 Å². The van der Waals surface area contributed by atoms with Crippen LogP contribution in [-0.2, 0) is 26.3 Å². The summed E-state index contributed by atoms with van der Waals surface area (Å²) in [7, 11) is 1.37. The Hall–Kier alpha value is -3.88. The summed E-state index contributed by atoms with van der Waals surface area (Å²) < 4.78 is 21.8. The van der Waals surface area contributed by atoms with E-state index < -0.39 is 0 Å². The van der Waals surface area contributed by atoms with Crippen molar-refractivity contribution in [2.75, 3.05) is 26.8 Å². The normalized spacial score (nSPS) is 17.2. The summed E-state index contributed by atoms with van der Waals surface area (Å²) in [5, 5.41) is 4.07. The number of carbonyl (C=O) groups is 2. The van der Waals surface area contributed by atoms with Crippen molar-refractivity contribution in [3.63, 3.8) is 0 Å². The highest BCUT2D eigenvalue weighted by Gasteiger charge is 2.38. The third-order valence-electron chi connectivity index (χ3n) is 7.02. The third kappa shape index (κ3) is 7.40. The van der Waals surface area contributed by atoms with Crippen molar-refractivity contribution in [1.82, 2.24) is 15.0 Å². The number of hydrogen-bond donors (Lipinski definition) is 0. The van der Waals surface area contributed by atoms with Gasteiger partial charge in [0.25, 0.3) is 5.89 Å². The lowest BCUT2D eigenvalue weighted by Crippen LogP contribution is -2.30. The van der Waals surface area contributed by atoms with E-state index >= 15 is 0 Å². The first-order chi connectivity index (χ1) is 19.0. The maximum absolute atomic E-state index is 12.7. The van der Waals surface area contributed by atoms with Crippen LogP contribution in [0.25, 0.3) is 11.5 Å². The molecule has 0 spiro atoms. The molecule has 0 aliphatic carbocycles. The number of benzene rings is 2. The van der Waals surface area contributed by atoms with E-state index in [2.05, 4.69) is 43.0 Å². The second-order valence-electron chi connectivity index (χ2n) is 11.7. The monoisotopic (exact) mass is 549 g/mol. The Bertz CT molecular complexity index is 1290. The first kappa shape index (κ1) is 29.1. The van der Waals surface area contributed by atoms with Crippen molar-refractivity contribution in [2.24, 2.45) is 11.8 Å². The number of hydrogen-bond acceptors (Lipinski definition) is 8. The molecule has 214 valence electrons. The topological polar surface area (TPSA) is 104 Å². The molecule has 2 heterocycles. The molecule has 1 aromatic heterocycles. The van der Waals surface area contributed by atoms with E-state index in [0.717, 1.165) is 11.1 Å². The number of likely N-dealkylation sites (tertiary alicyclic amines) is 1. The molecule has 0 radical (unpaired) electrons. The molecule has 1 amide bonds. The highest BCUT2D eigenvalue weighted by atomic mass is 16.6. The standard InChI is InChI=1S/C31H39N3O6/c1-20(2)18-39-30(36)34-16-23(15-28(35)37-6)26(17-34)22-8-7-9-25(14-22)38-19-27-32-29(40-33-27)21-10-12-24(13-11-21)31(3,4)5/h7-14,20,23,26H,15-19H2,1-6H3/t23-,26-/m0/s1. The number of carbonyl (C=O) groups excluding carboxylic acids is 2. The molecule has 0 N–H and O–H groups in total. The van der Waals surface area contributed by atoms with Crippen molar-refractivity contribution < 1.29 is 28.3 Å². The van der Waals surface area contributed by atoms with E-state index in [1.165, 1.54) is 12.7 Å². The number of ether oxygens (including phenoxy) is 3. The minimum absolute atomic E-state index is 0.0636. The van der Waals surface area contributed by atoms with Gasteiger partial charge in [-0.3, -0.25) is 4.79 Å². The summed E-state index contributed by atoms with van der Waals surface area (Å²) in [5.41, 5.74) is 3.11. The van der Waals surface area contributed by atoms with Crippen LogP contribution >= 0.6 is 0 Å². The van der Waals surface area contributed by atoms with Crippen LogP contribution < -0.4 is 4.74 Å². The van der Waals surface area contributed by atoms with E-state index in [9.17, 15) is 9.59 Å². The molecular formula is C31H39N3O6. The number of aromatic nitrogens is 2. The maximum atomic E-state index is 12.7. The van der Waals surface area contributed by atoms with Crippen LogP contribution in [0.2, 0.25) is 0 Å². The van der Waals surface area contributed by atoms with Gasteiger partial charge >= 0.3 is 12.1 Å². The molecule has 9 nitrogen and oxygen atoms in total. The maximum Gasteiger partial charge on any atom is 0.409 e. The van der Waals surface area contributed by atoms with E-state index in [1.807, 2.05) is 50.2 Å². The molecule has 0 saturated carbocycles. The van der Waals surface area contributed by atoms with Crippen molar-refractivity contribution in [2.45, 2.75) is 59.0 Å². The molecule has 2 aromatic carbocycles. The summed E-state index contributed by atoms with van der Waals surface area (Å²) in [5.74, 6) is 1.28. The van der Waals surface area contributed by atoms with Gasteiger partial charge in [0.1, 0.15) is 5.75 Å². The van der Waals surface area contributed by atoms with Crippen molar-refractivity contribution in [3.05, 3.63) is 65.5 Å². The fourth-order valence-corrected chi connectivity index (χ4v) is 4.76. The quantitative estimate of drug-likeness (QED) is 0.300. The largest absolute Gasteiger partial charge is 0.485 e. The SMILES string of the molecule is COC(=O)C[C@H]1CN(C(=O)OCC(C)C)C[C@H]1c1cccc(OCc2noc(-c3ccc(C(C)(C)C)cc3)n2)c1. The first-order valence-electron chi connectivity index (χ1n) is 13.7. The van der Waals surface area contributed by atoms with Crippen LogP contribution in [0, 0.1) is 11.8 Å². The predicted molar refractivity (Wildman–Crippen MR) is 150 cm³/mol. The second kappa shape index (κ2) is 12.5. The summed E-state index contributed by atoms with van der Waals surface area (Å²) in [6.45, 7) is 11.8. The van der Waals surface area contributed by atoms with Gasteiger partial charge in [0.05, 0.1) is 20.1 Å². The summed E-state index contributed by atoms with van der Waals surface area (Å²) in [4.78, 5) is 30.9. The molecular weight excluding hydrogens is 510 g/mol. The van der Waals surface area contributed by atoms with Gasteiger partial charge in [0, 0.05) is 24.6 Å². The van der Waals surface area contributed by atoms with Gasteiger partial charge in [0.2, 0.25) is 5.82 Å². The fourth-order valence-electron chi connectivity index (χ4n) is 4.76. The summed E-state index contributed by atoms with van der Waals surface area (Å²) in [6.07, 6.45) is -0.151. The van der Waals surface area contributed by atoms with Crippen molar-refractivity contribution in [3.8, 4) is 17.2 Å². The van der Waals surface area contributed by atoms with Crippen LogP contribution in [0.3, 0.4) is 0 Å². The Balaban J connectivity index is 1.42. The van der Waals surface area contributed by atoms with Crippen molar-refractivity contribution in [1.29, 1.82) is 0 Å². The average molecular weight is 550 g/mol. The van der Waals surface area contributed by atoms with E-state index in [0.29, 0.717) is 37.2 Å². The number of methoxy groups -OCH3 is 1. The van der Waals surface area contributed by atoms with Gasteiger partial charge in [-0.15, -0.1) is 0 Å². The Morgan fingerprint density at radius 3 is 2.52 bits per heavy atom. The molecule has 0 bridgehead atoms. The van der Waals surface area contributed by atoms with Crippen molar-refractivity contribution >= 4 is 12.1 Å². The van der Waals surface area contributed by atoms with Gasteiger partial charge in [-0.05, 0) is 52.6 Å². The Labute approximate surface area is 235 Å². The molecule has 0 unspecified atom stereocenters. The zero-order valence-electron chi connectivity index (χ0n) is 24.2. The summed E-state index contributed by atoms with van der Waals surface area (Å²) in [6, 6.07) is 15.8. The zero-order chi connectivity index (χ0) is 28.9. The molecule has 1 saturated heterocycles. The molecule has 9 heteroatoms. The van der Waals surface area contributed by atoms with Crippen LogP contribution in [0.1, 0.15) is 63.9 Å². The summed E-state index contributed by atoms with van der Waals surface area (Å²) >= 11 is 0. The highest BCUT2D eigenvalue weighted by molar-refractivity contribution is 5.71. The molecule has 4 rings (SSSR count). The average Bonchev–Trinajstić information content (AvgIpc) is 3.58. The Kier molecular flexibility index (Phi) is 9.12. The smallest absolute Gasteiger partial charge is 0.409 e. The van der Waals surface area contributed by atoms with Crippen LogP contribution in [0.4, 0.5) is 4.79 Å². The molecule has 40 heavy (non-hydrogen) atoms. The Morgan fingerprint density at radius 1 is 1.10 bits per heavy atom. The fraction of sp³-hybridized carbons (Fsp3) is 0.484. The zero-order valence-corrected chi connectivity index (χ0v) is 24.2. The van der Waals surface area contributed by atoms with Crippen LogP contribution in [-0.4, -0.2) is 53.9 Å². The van der Waals surface area contributed by atoms with Gasteiger partial charge in [0.15, 0.2) is 6.61 Å². The van der Waals surface area contributed by atoms with Gasteiger partial charge in [-0.2, -0.15) is 4.98 Å². The highest BCUT2D eigenvalue weighted by Crippen LogP contribution is 2.37. The van der Waals surface area contributed by atoms with Gasteiger partial charge < -0.3 is 23.6 Å². The molecule has 1 fully saturated rings. The lowest BCUT2D eigenvalue weighted by molar-refractivity contribution is -0.141.